The number of thiophene rings is 1. The number of anilines is 1. The average Bonchev–Trinajstić information content (AvgIpc) is 3.14. The molecule has 8 heteroatoms. The molecule has 0 bridgehead atoms. The minimum atomic E-state index is -0.439. The Morgan fingerprint density at radius 1 is 1.45 bits per heavy atom. The fourth-order valence-electron chi connectivity index (χ4n) is 2.35. The monoisotopic (exact) mass is 395 g/mol. The first kappa shape index (κ1) is 15.2. The third-order valence-electron chi connectivity index (χ3n) is 3.28. The fraction of sp³-hybridized carbons (Fsp3) is 0.214. The number of carbonyl (C=O) groups is 1. The van der Waals surface area contributed by atoms with Crippen molar-refractivity contribution in [2.45, 2.75) is 19.3 Å². The molecule has 112 valence electrons. The summed E-state index contributed by atoms with van der Waals surface area (Å²) in [6.45, 7) is 0. The highest BCUT2D eigenvalue weighted by Gasteiger charge is 2.23. The van der Waals surface area contributed by atoms with E-state index in [0.29, 0.717) is 15.2 Å². The van der Waals surface area contributed by atoms with Crippen LogP contribution >= 0.6 is 39.5 Å². The molecule has 1 amide bonds. The summed E-state index contributed by atoms with van der Waals surface area (Å²) >= 11 is 9.79. The van der Waals surface area contributed by atoms with Gasteiger partial charge < -0.3 is 9.73 Å². The van der Waals surface area contributed by atoms with Crippen LogP contribution in [0.2, 0.25) is 0 Å². The van der Waals surface area contributed by atoms with Crippen molar-refractivity contribution in [1.29, 1.82) is 5.26 Å². The first-order chi connectivity index (χ1) is 10.6. The van der Waals surface area contributed by atoms with E-state index in [1.807, 2.05) is 0 Å². The second kappa shape index (κ2) is 6.20. The summed E-state index contributed by atoms with van der Waals surface area (Å²) in [5.41, 5.74) is 1.74. The van der Waals surface area contributed by atoms with Crippen LogP contribution < -0.4 is 10.6 Å². The quantitative estimate of drug-likeness (QED) is 0.759. The van der Waals surface area contributed by atoms with Gasteiger partial charge in [-0.2, -0.15) is 5.26 Å². The molecule has 2 heterocycles. The van der Waals surface area contributed by atoms with Crippen molar-refractivity contribution in [3.8, 4) is 6.07 Å². The minimum absolute atomic E-state index is 0.147. The van der Waals surface area contributed by atoms with Gasteiger partial charge in [-0.05, 0) is 65.1 Å². The molecule has 1 aliphatic carbocycles. The van der Waals surface area contributed by atoms with Crippen LogP contribution in [0.3, 0.4) is 0 Å². The Hall–Kier alpha value is -1.69. The van der Waals surface area contributed by atoms with Gasteiger partial charge >= 0.3 is 0 Å². The van der Waals surface area contributed by atoms with E-state index in [9.17, 15) is 10.1 Å². The van der Waals surface area contributed by atoms with E-state index in [2.05, 4.69) is 32.6 Å². The van der Waals surface area contributed by atoms with Gasteiger partial charge in [0.15, 0.2) is 15.5 Å². The van der Waals surface area contributed by atoms with Crippen LogP contribution in [0.15, 0.2) is 21.2 Å². The normalized spacial score (nSPS) is 12.5. The maximum Gasteiger partial charge on any atom is 0.293 e. The number of hydrogen-bond donors (Lipinski definition) is 2. The summed E-state index contributed by atoms with van der Waals surface area (Å²) in [4.78, 5) is 13.2. The van der Waals surface area contributed by atoms with Gasteiger partial charge in [-0.15, -0.1) is 11.3 Å². The predicted molar refractivity (Wildman–Crippen MR) is 91.2 cm³/mol. The lowest BCUT2D eigenvalue weighted by atomic mass is 10.1. The first-order valence-corrected chi connectivity index (χ1v) is 8.52. The summed E-state index contributed by atoms with van der Waals surface area (Å²) in [6.07, 6.45) is 3.01. The molecular weight excluding hydrogens is 386 g/mol. The van der Waals surface area contributed by atoms with E-state index >= 15 is 0 Å². The third kappa shape index (κ3) is 2.92. The van der Waals surface area contributed by atoms with Gasteiger partial charge in [0.05, 0.1) is 5.56 Å². The number of fused-ring (bicyclic) bond motifs is 1. The van der Waals surface area contributed by atoms with Crippen LogP contribution in [-0.2, 0) is 12.8 Å². The maximum atomic E-state index is 11.9. The van der Waals surface area contributed by atoms with Crippen molar-refractivity contribution in [2.75, 3.05) is 5.32 Å². The number of nitrogens with zero attached hydrogens (tertiary/aromatic N) is 1. The van der Waals surface area contributed by atoms with Crippen LogP contribution in [0.1, 0.15) is 33.0 Å². The lowest BCUT2D eigenvalue weighted by molar-refractivity contribution is 0.0949. The number of furan rings is 1. The summed E-state index contributed by atoms with van der Waals surface area (Å²) in [6, 6.07) is 5.39. The molecule has 0 unspecified atom stereocenters. The number of halogens is 1. The summed E-state index contributed by atoms with van der Waals surface area (Å²) in [7, 11) is 0. The first-order valence-electron chi connectivity index (χ1n) is 6.51. The van der Waals surface area contributed by atoms with E-state index in [-0.39, 0.29) is 10.9 Å². The molecule has 0 spiro atoms. The molecule has 0 aromatic carbocycles. The zero-order chi connectivity index (χ0) is 15.7. The van der Waals surface area contributed by atoms with Crippen molar-refractivity contribution in [3.63, 3.8) is 0 Å². The van der Waals surface area contributed by atoms with Crippen molar-refractivity contribution in [1.82, 2.24) is 5.32 Å². The molecule has 2 N–H and O–H groups in total. The van der Waals surface area contributed by atoms with E-state index in [4.69, 9.17) is 16.6 Å². The van der Waals surface area contributed by atoms with E-state index < -0.39 is 5.91 Å². The topological polar surface area (TPSA) is 78.1 Å². The number of thiocarbonyl (C=S) groups is 1. The molecule has 0 saturated heterocycles. The van der Waals surface area contributed by atoms with Crippen LogP contribution in [0, 0.1) is 11.3 Å². The number of nitriles is 1. The highest BCUT2D eigenvalue weighted by molar-refractivity contribution is 9.10. The molecule has 2 aromatic heterocycles. The number of nitrogens with one attached hydrogen (secondary N) is 2. The molecule has 0 atom stereocenters. The van der Waals surface area contributed by atoms with Gasteiger partial charge in [0.2, 0.25) is 0 Å². The Balaban J connectivity index is 1.70. The molecular formula is C14H10BrN3O2S2. The van der Waals surface area contributed by atoms with Gasteiger partial charge in [0.1, 0.15) is 11.1 Å². The number of hydrogen-bond acceptors (Lipinski definition) is 5. The van der Waals surface area contributed by atoms with Crippen LogP contribution in [0.4, 0.5) is 5.00 Å². The van der Waals surface area contributed by atoms with Gasteiger partial charge in [0.25, 0.3) is 5.91 Å². The third-order valence-corrected chi connectivity index (χ3v) is 5.12. The highest BCUT2D eigenvalue weighted by Crippen LogP contribution is 2.38. The SMILES string of the molecule is N#Cc1c(NC(=S)NC(=O)c2ccc(Br)o2)sc2c1CCC2. The lowest BCUT2D eigenvalue weighted by Crippen LogP contribution is -2.33. The molecule has 0 saturated carbocycles. The predicted octanol–water partition coefficient (Wildman–Crippen LogP) is 3.59. The molecule has 5 nitrogen and oxygen atoms in total. The van der Waals surface area contributed by atoms with Crippen molar-refractivity contribution >= 4 is 55.5 Å². The smallest absolute Gasteiger partial charge is 0.293 e. The summed E-state index contributed by atoms with van der Waals surface area (Å²) in [5.74, 6) is -0.281. The Labute approximate surface area is 144 Å². The Bertz CT molecular complexity index is 804. The Morgan fingerprint density at radius 2 is 2.27 bits per heavy atom. The van der Waals surface area contributed by atoms with Gasteiger partial charge in [-0.1, -0.05) is 0 Å². The standard InChI is InChI=1S/C14H10BrN3O2S2/c15-11-5-4-9(20-11)12(19)17-14(21)18-13-8(6-16)7-2-1-3-10(7)22-13/h4-5H,1-3H2,(H2,17,18,19,21). The molecule has 0 radical (unpaired) electrons. The van der Waals surface area contributed by atoms with Crippen LogP contribution in [-0.4, -0.2) is 11.0 Å². The van der Waals surface area contributed by atoms with E-state index in [1.165, 1.54) is 16.2 Å². The molecule has 0 fully saturated rings. The number of aryl methyl sites for hydroxylation is 1. The van der Waals surface area contributed by atoms with Crippen LogP contribution in [0.25, 0.3) is 0 Å². The molecule has 2 aromatic rings. The second-order valence-corrected chi connectivity index (χ2v) is 6.98. The van der Waals surface area contributed by atoms with Gasteiger partial charge in [0, 0.05) is 4.88 Å². The summed E-state index contributed by atoms with van der Waals surface area (Å²) in [5, 5.41) is 15.6. The largest absolute Gasteiger partial charge is 0.444 e. The molecule has 22 heavy (non-hydrogen) atoms. The van der Waals surface area contributed by atoms with Crippen molar-refractivity contribution in [2.24, 2.45) is 0 Å². The molecule has 1 aliphatic rings. The second-order valence-electron chi connectivity index (χ2n) is 4.69. The number of rotatable bonds is 2. The molecule has 3 rings (SSSR count). The van der Waals surface area contributed by atoms with Crippen molar-refractivity contribution < 1.29 is 9.21 Å². The van der Waals surface area contributed by atoms with Gasteiger partial charge in [-0.25, -0.2) is 0 Å². The summed E-state index contributed by atoms with van der Waals surface area (Å²) < 4.78 is 5.63. The number of carbonyl (C=O) groups excluding carboxylic acids is 1. The Kier molecular flexibility index (Phi) is 4.29. The maximum absolute atomic E-state index is 11.9. The molecule has 0 aliphatic heterocycles. The fourth-order valence-corrected chi connectivity index (χ4v) is 4.16. The van der Waals surface area contributed by atoms with Gasteiger partial charge in [-0.3, -0.25) is 10.1 Å². The van der Waals surface area contributed by atoms with Crippen molar-refractivity contribution in [3.05, 3.63) is 38.6 Å². The minimum Gasteiger partial charge on any atom is -0.444 e. The highest BCUT2D eigenvalue weighted by atomic mass is 79.9. The zero-order valence-corrected chi connectivity index (χ0v) is 14.5. The Morgan fingerprint density at radius 3 is 2.95 bits per heavy atom. The van der Waals surface area contributed by atoms with E-state index in [0.717, 1.165) is 24.8 Å². The number of amides is 1. The van der Waals surface area contributed by atoms with E-state index in [1.54, 1.807) is 12.1 Å². The average molecular weight is 396 g/mol. The van der Waals surface area contributed by atoms with Crippen LogP contribution in [0.5, 0.6) is 0 Å². The zero-order valence-electron chi connectivity index (χ0n) is 11.2. The lowest BCUT2D eigenvalue weighted by Gasteiger charge is -2.07.